The third-order valence-electron chi connectivity index (χ3n) is 3.42. The molecule has 3 rings (SSSR count). The van der Waals surface area contributed by atoms with E-state index in [1.165, 1.54) is 18.3 Å². The van der Waals surface area contributed by atoms with Crippen LogP contribution in [0.25, 0.3) is 11.1 Å². The van der Waals surface area contributed by atoms with E-state index in [0.717, 1.165) is 6.07 Å². The summed E-state index contributed by atoms with van der Waals surface area (Å²) in [6.45, 7) is 1.47. The molecule has 5 nitrogen and oxygen atoms in total. The molecule has 0 radical (unpaired) electrons. The van der Waals surface area contributed by atoms with Gasteiger partial charge in [-0.3, -0.25) is 9.78 Å². The number of aryl methyl sites for hydroxylation is 1. The van der Waals surface area contributed by atoms with Crippen molar-refractivity contribution in [1.82, 2.24) is 10.4 Å². The van der Waals surface area contributed by atoms with Gasteiger partial charge in [-0.25, -0.2) is 5.43 Å². The first-order valence-electron chi connectivity index (χ1n) is 6.98. The van der Waals surface area contributed by atoms with Crippen molar-refractivity contribution < 1.29 is 22.7 Å². The summed E-state index contributed by atoms with van der Waals surface area (Å²) in [6, 6.07) is 6.98. The second kappa shape index (κ2) is 5.95. The van der Waals surface area contributed by atoms with E-state index in [0.29, 0.717) is 11.3 Å². The molecule has 8 heteroatoms. The second-order valence-electron chi connectivity index (χ2n) is 5.19. The van der Waals surface area contributed by atoms with Gasteiger partial charge in [-0.15, -0.1) is 5.10 Å². The van der Waals surface area contributed by atoms with Crippen LogP contribution in [0.1, 0.15) is 16.8 Å². The number of rotatable bonds is 2. The van der Waals surface area contributed by atoms with Gasteiger partial charge in [0.2, 0.25) is 5.90 Å². The molecule has 1 amide bonds. The van der Waals surface area contributed by atoms with Crippen LogP contribution in [0, 0.1) is 6.92 Å². The fourth-order valence-electron chi connectivity index (χ4n) is 2.25. The van der Waals surface area contributed by atoms with Gasteiger partial charge in [0.25, 0.3) is 5.91 Å². The van der Waals surface area contributed by atoms with Crippen LogP contribution in [-0.2, 0) is 15.7 Å². The van der Waals surface area contributed by atoms with Crippen molar-refractivity contribution in [3.8, 4) is 11.1 Å². The van der Waals surface area contributed by atoms with Gasteiger partial charge in [0, 0.05) is 23.0 Å². The molecule has 1 N–H and O–H groups in total. The Morgan fingerprint density at radius 2 is 1.92 bits per heavy atom. The van der Waals surface area contributed by atoms with Gasteiger partial charge in [-0.2, -0.15) is 13.2 Å². The van der Waals surface area contributed by atoms with Crippen molar-refractivity contribution in [2.45, 2.75) is 13.1 Å². The quantitative estimate of drug-likeness (QED) is 0.918. The van der Waals surface area contributed by atoms with Crippen LogP contribution in [0.15, 0.2) is 41.6 Å². The summed E-state index contributed by atoms with van der Waals surface area (Å²) in [5, 5.41) is 3.63. The first-order chi connectivity index (χ1) is 11.3. The maximum atomic E-state index is 13.5. The summed E-state index contributed by atoms with van der Waals surface area (Å²) in [6.07, 6.45) is -3.16. The third kappa shape index (κ3) is 3.22. The lowest BCUT2D eigenvalue weighted by Crippen LogP contribution is -2.32. The molecule has 0 saturated heterocycles. The van der Waals surface area contributed by atoms with E-state index in [-0.39, 0.29) is 23.6 Å². The number of carbonyl (C=O) groups excluding carboxylic acids is 1. The first kappa shape index (κ1) is 16.0. The molecular weight excluding hydrogens is 323 g/mol. The van der Waals surface area contributed by atoms with Gasteiger partial charge in [0.1, 0.15) is 0 Å². The highest BCUT2D eigenvalue weighted by molar-refractivity contribution is 5.98. The molecule has 1 aromatic heterocycles. The Bertz CT molecular complexity index is 814. The summed E-state index contributed by atoms with van der Waals surface area (Å²) in [7, 11) is 0. The number of halogens is 3. The molecule has 0 spiro atoms. The molecule has 2 aromatic rings. The van der Waals surface area contributed by atoms with Gasteiger partial charge in [-0.05, 0) is 30.7 Å². The zero-order valence-electron chi connectivity index (χ0n) is 12.5. The predicted molar refractivity (Wildman–Crippen MR) is 80.0 cm³/mol. The van der Waals surface area contributed by atoms with Crippen molar-refractivity contribution in [3.05, 3.63) is 53.3 Å². The van der Waals surface area contributed by atoms with E-state index < -0.39 is 17.6 Å². The Balaban J connectivity index is 2.08. The predicted octanol–water partition coefficient (Wildman–Crippen LogP) is 2.88. The topological polar surface area (TPSA) is 63.6 Å². The molecule has 0 unspecified atom stereocenters. The Labute approximate surface area is 135 Å². The molecule has 0 aliphatic carbocycles. The number of hydrogen-bond donors (Lipinski definition) is 1. The number of hydrazone groups is 1. The van der Waals surface area contributed by atoms with Crippen molar-refractivity contribution in [2.24, 2.45) is 5.10 Å². The van der Waals surface area contributed by atoms with E-state index in [1.807, 2.05) is 0 Å². The smallest absolute Gasteiger partial charge is 0.417 e. The van der Waals surface area contributed by atoms with E-state index in [9.17, 15) is 18.0 Å². The monoisotopic (exact) mass is 335 g/mol. The van der Waals surface area contributed by atoms with Crippen LogP contribution in [0.4, 0.5) is 13.2 Å². The number of carbonyl (C=O) groups is 1. The van der Waals surface area contributed by atoms with Crippen LogP contribution < -0.4 is 5.43 Å². The Kier molecular flexibility index (Phi) is 3.96. The van der Waals surface area contributed by atoms with Crippen LogP contribution in [0.3, 0.4) is 0 Å². The van der Waals surface area contributed by atoms with E-state index in [4.69, 9.17) is 4.74 Å². The summed E-state index contributed by atoms with van der Waals surface area (Å²) < 4.78 is 45.4. The average molecular weight is 335 g/mol. The van der Waals surface area contributed by atoms with Crippen LogP contribution in [0.5, 0.6) is 0 Å². The molecule has 1 aromatic carbocycles. The maximum absolute atomic E-state index is 13.5. The van der Waals surface area contributed by atoms with Gasteiger partial charge in [0.05, 0.1) is 5.56 Å². The van der Waals surface area contributed by atoms with E-state index >= 15 is 0 Å². The molecule has 0 saturated carbocycles. The Morgan fingerprint density at radius 3 is 2.50 bits per heavy atom. The minimum absolute atomic E-state index is 0.0131. The lowest BCUT2D eigenvalue weighted by Gasteiger charge is -2.17. The lowest BCUT2D eigenvalue weighted by molar-refractivity contribution is -0.137. The molecule has 0 bridgehead atoms. The minimum Gasteiger partial charge on any atom is -0.466 e. The largest absolute Gasteiger partial charge is 0.466 e. The van der Waals surface area contributed by atoms with E-state index in [2.05, 4.69) is 15.5 Å². The fraction of sp³-hybridized carbons (Fsp3) is 0.188. The van der Waals surface area contributed by atoms with E-state index in [1.54, 1.807) is 19.1 Å². The zero-order chi connectivity index (χ0) is 17.3. The molecule has 1 aliphatic rings. The number of nitrogens with zero attached hydrogens (tertiary/aromatic N) is 2. The lowest BCUT2D eigenvalue weighted by atomic mass is 9.98. The normalized spacial score (nSPS) is 14.7. The Morgan fingerprint density at radius 1 is 1.17 bits per heavy atom. The number of ether oxygens (including phenoxy) is 1. The molecule has 1 aliphatic heterocycles. The Hall–Kier alpha value is -2.90. The molecule has 2 heterocycles. The van der Waals surface area contributed by atoms with Crippen molar-refractivity contribution in [2.75, 3.05) is 6.61 Å². The maximum Gasteiger partial charge on any atom is 0.417 e. The zero-order valence-corrected chi connectivity index (χ0v) is 12.5. The molecule has 0 fully saturated rings. The number of alkyl halides is 3. The van der Waals surface area contributed by atoms with Crippen molar-refractivity contribution in [1.29, 1.82) is 0 Å². The van der Waals surface area contributed by atoms with Gasteiger partial charge >= 0.3 is 6.18 Å². The van der Waals surface area contributed by atoms with Crippen LogP contribution in [0.2, 0.25) is 0 Å². The van der Waals surface area contributed by atoms with Crippen LogP contribution in [-0.4, -0.2) is 23.4 Å². The first-order valence-corrected chi connectivity index (χ1v) is 6.98. The number of aromatic nitrogens is 1. The van der Waals surface area contributed by atoms with Gasteiger partial charge in [0.15, 0.2) is 6.61 Å². The fourth-order valence-corrected chi connectivity index (χ4v) is 2.25. The summed E-state index contributed by atoms with van der Waals surface area (Å²) in [5.41, 5.74) is 2.57. The van der Waals surface area contributed by atoms with Crippen LogP contribution >= 0.6 is 0 Å². The number of hydrogen-bond acceptors (Lipinski definition) is 4. The van der Waals surface area contributed by atoms with Gasteiger partial charge in [-0.1, -0.05) is 12.1 Å². The van der Waals surface area contributed by atoms with Crippen molar-refractivity contribution in [3.63, 3.8) is 0 Å². The standard InChI is InChI=1S/C16H12F3N3O2/c1-9-2-3-11(7-20-9)12-5-4-10(6-13(12)16(17,18)19)15-22-21-14(23)8-24-15/h2-7H,8H2,1H3,(H,21,23). The minimum atomic E-state index is -4.56. The molecule has 124 valence electrons. The highest BCUT2D eigenvalue weighted by Gasteiger charge is 2.34. The number of benzene rings is 1. The second-order valence-corrected chi connectivity index (χ2v) is 5.19. The summed E-state index contributed by atoms with van der Waals surface area (Å²) >= 11 is 0. The summed E-state index contributed by atoms with van der Waals surface area (Å²) in [4.78, 5) is 15.0. The van der Waals surface area contributed by atoms with Crippen molar-refractivity contribution >= 4 is 11.8 Å². The molecule has 24 heavy (non-hydrogen) atoms. The highest BCUT2D eigenvalue weighted by Crippen LogP contribution is 2.37. The molecular formula is C16H12F3N3O2. The number of amides is 1. The SMILES string of the molecule is Cc1ccc(-c2ccc(C3=NNC(=O)CO3)cc2C(F)(F)F)cn1. The van der Waals surface area contributed by atoms with Gasteiger partial charge < -0.3 is 4.74 Å². The third-order valence-corrected chi connectivity index (χ3v) is 3.42. The average Bonchev–Trinajstić information content (AvgIpc) is 2.55. The summed E-state index contributed by atoms with van der Waals surface area (Å²) in [5.74, 6) is -0.522. The number of nitrogens with one attached hydrogen (secondary N) is 1. The molecule has 0 atom stereocenters. The number of pyridine rings is 1. The highest BCUT2D eigenvalue weighted by atomic mass is 19.4.